The number of aromatic amines is 1. The number of H-pyrrole nitrogens is 1. The molecule has 0 atom stereocenters. The van der Waals surface area contributed by atoms with Gasteiger partial charge < -0.3 is 43.1 Å². The monoisotopic (exact) mass is 1800 g/mol. The fraction of sp³-hybridized carbons (Fsp3) is 0.202. The predicted octanol–water partition coefficient (Wildman–Crippen LogP) is 11.3. The first-order chi connectivity index (χ1) is 59.2. The van der Waals surface area contributed by atoms with Crippen LogP contribution >= 0.6 is 15.9 Å². The summed E-state index contributed by atoms with van der Waals surface area (Å²) in [4.78, 5) is 106. The number of nitrogens with zero attached hydrogens (tertiary/aromatic N) is 10. The summed E-state index contributed by atoms with van der Waals surface area (Å²) >= 11 is 3.07. The van der Waals surface area contributed by atoms with Gasteiger partial charge in [-0.3, -0.25) is 48.1 Å². The van der Waals surface area contributed by atoms with Crippen LogP contribution in [0.2, 0.25) is 0 Å². The number of fused-ring (bicyclic) bond motifs is 4. The largest absolute Gasteiger partial charge is 1.00 e. The maximum atomic E-state index is 14.1. The molecule has 650 valence electrons. The standard InChI is InChI=1S/C24H20F3N3O3.C23H18F3N3O3.C18H17FN2O3.C12H12FNO2.C7H5BrF2.C5H4N2O2.Li.H2O/c1-14-19(20-9-16(25)5-7-22(20)29(14)13-24(32)33-2)11-18-6-8-23(31)30(28-18)12-15-3-4-17(26)10-21(15)27;1-13-18(19-8-15(24)4-6-21(19)28(13)12-23(31)32)10-17-5-7-22(30)29(27-17)11-14-2-3-16(25)9-20(14)26;1-11-15(8-13-4-5-14(22)9-20-13)16-7-12(19)3-6-17(16)21(11)10-18(23)24-2;1-8-5-9-6-10(13)3-4-11(9)14(8)7-12(15)16-2;8-4-5-1-2-6(9)3-7(5)10;8-3-4-1-2-5(9)7-6-4;;/h3-10H,11-13H2,1-2H3;2-9H,10-12H2,1H3,(H,31,32);3-7H,8-10H2,1-2H3;3-6H,7H2,1-2H3;1-3H,4H2;1-3H,(H,7,9);;1H2/q;;;;;;+1;/p-1. The number of benzene rings is 7. The van der Waals surface area contributed by atoms with Gasteiger partial charge in [0.2, 0.25) is 0 Å². The summed E-state index contributed by atoms with van der Waals surface area (Å²) in [6.45, 7) is 6.97. The van der Waals surface area contributed by atoms with E-state index >= 15 is 0 Å². The molecule has 7 aromatic heterocycles. The van der Waals surface area contributed by atoms with Crippen LogP contribution in [0.15, 0.2) is 201 Å². The molecule has 1 aliphatic rings. The molecule has 126 heavy (non-hydrogen) atoms. The van der Waals surface area contributed by atoms with Crippen LogP contribution in [0.3, 0.4) is 0 Å². The normalized spacial score (nSPS) is 11.3. The van der Waals surface area contributed by atoms with E-state index in [1.165, 1.54) is 137 Å². The zero-order valence-electron chi connectivity index (χ0n) is 68.6. The Morgan fingerprint density at radius 2 is 0.841 bits per heavy atom. The van der Waals surface area contributed by atoms with E-state index in [1.54, 1.807) is 57.9 Å². The number of carbonyl (C=O) groups is 6. The number of esters is 3. The second-order valence-electron chi connectivity index (χ2n) is 27.7. The van der Waals surface area contributed by atoms with Gasteiger partial charge in [-0.15, -0.1) is 0 Å². The van der Waals surface area contributed by atoms with Crippen molar-refractivity contribution >= 4 is 101 Å². The fourth-order valence-corrected chi connectivity index (χ4v) is 13.8. The Balaban J connectivity index is 0.000000197. The molecule has 0 saturated heterocycles. The number of nitrogens with one attached hydrogen (secondary N) is 1. The van der Waals surface area contributed by atoms with Crippen molar-refractivity contribution in [1.82, 2.24) is 48.0 Å². The fourth-order valence-electron chi connectivity index (χ4n) is 13.4. The third-order valence-electron chi connectivity index (χ3n) is 19.6. The van der Waals surface area contributed by atoms with Gasteiger partial charge in [0, 0.05) is 144 Å². The predicted molar refractivity (Wildman–Crippen MR) is 445 cm³/mol. The van der Waals surface area contributed by atoms with Crippen LogP contribution in [0.25, 0.3) is 43.6 Å². The number of allylic oxidation sites excluding steroid dienone is 1. The molecule has 3 N–H and O–H groups in total. The number of carboxylic acids is 1. The number of aryl methyl sites for hydroxylation is 1. The second kappa shape index (κ2) is 44.6. The molecule has 0 saturated carbocycles. The number of aliphatic carboxylic acids is 1. The maximum Gasteiger partial charge on any atom is 1.00 e. The first-order valence-electron chi connectivity index (χ1n) is 37.4. The van der Waals surface area contributed by atoms with Crippen molar-refractivity contribution < 1.29 is 116 Å². The number of dihydropyridines is 1. The third-order valence-corrected chi connectivity index (χ3v) is 20.2. The van der Waals surface area contributed by atoms with Gasteiger partial charge in [-0.05, 0) is 177 Å². The van der Waals surface area contributed by atoms with Crippen molar-refractivity contribution in [1.29, 1.82) is 0 Å². The number of aromatic nitrogens is 10. The molecule has 7 aromatic carbocycles. The molecule has 14 aromatic rings. The number of carbonyl (C=O) groups excluding carboxylic acids is 5. The number of halogens is 11. The van der Waals surface area contributed by atoms with Gasteiger partial charge in [-0.2, -0.15) is 15.3 Å². The molecule has 8 heterocycles. The van der Waals surface area contributed by atoms with E-state index in [2.05, 4.69) is 46.1 Å². The number of rotatable bonds is 20. The molecule has 1 aliphatic heterocycles. The van der Waals surface area contributed by atoms with Crippen molar-refractivity contribution in [3.63, 3.8) is 0 Å². The van der Waals surface area contributed by atoms with E-state index in [-0.39, 0.29) is 135 Å². The summed E-state index contributed by atoms with van der Waals surface area (Å²) in [7, 11) is 3.98. The molecule has 0 bridgehead atoms. The van der Waals surface area contributed by atoms with Crippen LogP contribution in [0.5, 0.6) is 0 Å². The van der Waals surface area contributed by atoms with Gasteiger partial charge in [0.1, 0.15) is 96.6 Å². The molecular weight excluding hydrogens is 1720 g/mol. The van der Waals surface area contributed by atoms with Crippen LogP contribution in [-0.2, 0) is 102 Å². The summed E-state index contributed by atoms with van der Waals surface area (Å²) in [6.07, 6.45) is 4.68. The topological polar surface area (TPSA) is 328 Å². The quantitative estimate of drug-likeness (QED) is 0.0179. The third kappa shape index (κ3) is 25.1. The smallest absolute Gasteiger partial charge is 0.870 e. The van der Waals surface area contributed by atoms with Crippen molar-refractivity contribution in [3.8, 4) is 0 Å². The Morgan fingerprint density at radius 1 is 0.460 bits per heavy atom. The molecule has 37 heteroatoms. The minimum Gasteiger partial charge on any atom is -0.870 e. The zero-order valence-corrected chi connectivity index (χ0v) is 70.2. The van der Waals surface area contributed by atoms with Gasteiger partial charge in [0.25, 0.3) is 16.7 Å². The number of aliphatic imine (C=N–C) groups is 1. The minimum absolute atomic E-state index is 0. The second-order valence-corrected chi connectivity index (χ2v) is 28.3. The summed E-state index contributed by atoms with van der Waals surface area (Å²) in [5.41, 5.74) is 9.69. The van der Waals surface area contributed by atoms with E-state index in [0.29, 0.717) is 68.1 Å². The van der Waals surface area contributed by atoms with E-state index in [4.69, 9.17) is 9.47 Å². The van der Waals surface area contributed by atoms with E-state index in [9.17, 15) is 92.2 Å². The first-order valence-corrected chi connectivity index (χ1v) is 38.6. The summed E-state index contributed by atoms with van der Waals surface area (Å²) in [5.74, 6) is -7.73. The van der Waals surface area contributed by atoms with Crippen molar-refractivity contribution in [3.05, 3.63) is 344 Å². The van der Waals surface area contributed by atoms with E-state index < -0.39 is 69.6 Å². The van der Waals surface area contributed by atoms with Gasteiger partial charge in [-0.25, -0.2) is 58.4 Å². The number of hydrogen-bond donors (Lipinski definition) is 2. The van der Waals surface area contributed by atoms with Gasteiger partial charge in [-0.1, -0.05) is 34.1 Å². The Morgan fingerprint density at radius 3 is 1.21 bits per heavy atom. The number of ether oxygens (including phenoxy) is 3. The van der Waals surface area contributed by atoms with Crippen LogP contribution < -0.4 is 35.5 Å². The number of aldehydes is 1. The van der Waals surface area contributed by atoms with Gasteiger partial charge >= 0.3 is 42.7 Å². The molecule has 0 radical (unpaired) electrons. The molecule has 0 spiro atoms. The van der Waals surface area contributed by atoms with Crippen molar-refractivity contribution in [2.75, 3.05) is 27.9 Å². The first kappa shape index (κ1) is 97.8. The molecule has 0 amide bonds. The molecule has 0 aliphatic carbocycles. The van der Waals surface area contributed by atoms with Crippen LogP contribution in [0.4, 0.5) is 43.9 Å². The molecular formula is C89H77BrF10LiN11O14. The van der Waals surface area contributed by atoms with E-state index in [1.807, 2.05) is 24.5 Å². The molecule has 25 nitrogen and oxygen atoms in total. The van der Waals surface area contributed by atoms with Crippen LogP contribution in [0.1, 0.15) is 78.0 Å². The van der Waals surface area contributed by atoms with Gasteiger partial charge in [0.15, 0.2) is 12.1 Å². The number of hydrogen-bond acceptors (Lipinski definition) is 17. The van der Waals surface area contributed by atoms with Crippen LogP contribution in [0, 0.1) is 85.9 Å². The summed E-state index contributed by atoms with van der Waals surface area (Å²) in [6, 6.07) is 37.2. The number of methoxy groups -OCH3 is 3. The maximum absolute atomic E-state index is 14.1. The Hall–Kier alpha value is -13.7. The minimum atomic E-state index is -1.03. The average Bonchev–Trinajstić information content (AvgIpc) is 1.62. The number of alkyl halides is 1. The Bertz CT molecular complexity index is 6660. The number of ketones is 1. The summed E-state index contributed by atoms with van der Waals surface area (Å²) in [5, 5.41) is 26.5. The van der Waals surface area contributed by atoms with Crippen molar-refractivity contribution in [2.45, 2.75) is 91.6 Å². The van der Waals surface area contributed by atoms with Crippen LogP contribution in [-0.4, -0.2) is 128 Å². The average molecular weight is 1800 g/mol. The SMILES string of the molecule is COC(=O)Cn1c(C)c(CC2=NCC(=O)C=C2)c2cc(F)ccc21.COC(=O)Cn1c(C)c(Cc2ccc(=O)n(Cc3ccc(F)cc3F)n2)c2cc(F)ccc21.COC(=O)Cn1c(C)cc2cc(F)ccc21.Cc1c(Cc2ccc(=O)n(Cc3ccc(F)cc3F)n2)c2cc(F)ccc2n1CC(=O)O.Fc1ccc(CBr)c(F)c1.O=Cc1ccc(=O)[nH]n1.[Li+].[OH-]. The Labute approximate surface area is 730 Å². The zero-order chi connectivity index (χ0) is 89.9. The molecule has 0 fully saturated rings. The molecule has 15 rings (SSSR count). The van der Waals surface area contributed by atoms with Crippen molar-refractivity contribution in [2.24, 2.45) is 4.99 Å². The van der Waals surface area contributed by atoms with E-state index in [0.717, 1.165) is 95.4 Å². The number of carboxylic acid groups (broad SMARTS) is 1. The molecule has 0 unspecified atom stereocenters. The summed E-state index contributed by atoms with van der Waals surface area (Å²) < 4.78 is 157. The van der Waals surface area contributed by atoms with Gasteiger partial charge in [0.05, 0.1) is 45.8 Å². The Kier molecular flexibility index (Phi) is 34.6.